The molecular formula is C21H21N3O3. The SMILES string of the molecule is COc1ccc(N2CCN(c3nc4ccccc4cc3C(=O)O)CC2)cc1. The first kappa shape index (κ1) is 17.1. The summed E-state index contributed by atoms with van der Waals surface area (Å²) in [4.78, 5) is 20.8. The lowest BCUT2D eigenvalue weighted by Crippen LogP contribution is -2.47. The number of methoxy groups -OCH3 is 1. The lowest BCUT2D eigenvalue weighted by molar-refractivity contribution is 0.0697. The zero-order valence-corrected chi connectivity index (χ0v) is 15.1. The van der Waals surface area contributed by atoms with Gasteiger partial charge in [-0.2, -0.15) is 0 Å². The van der Waals surface area contributed by atoms with Gasteiger partial charge in [-0.05, 0) is 36.4 Å². The predicted molar refractivity (Wildman–Crippen MR) is 106 cm³/mol. The van der Waals surface area contributed by atoms with E-state index in [1.165, 1.54) is 0 Å². The van der Waals surface area contributed by atoms with Crippen molar-refractivity contribution in [1.29, 1.82) is 0 Å². The standard InChI is InChI=1S/C21H21N3O3/c1-27-17-8-6-16(7-9-17)23-10-12-24(13-11-23)20-18(21(25)26)14-15-4-2-3-5-19(15)22-20/h2-9,14H,10-13H2,1H3,(H,25,26). The molecule has 0 amide bonds. The Morgan fingerprint density at radius 3 is 2.33 bits per heavy atom. The monoisotopic (exact) mass is 363 g/mol. The molecule has 0 bridgehead atoms. The summed E-state index contributed by atoms with van der Waals surface area (Å²) in [5, 5.41) is 10.5. The minimum Gasteiger partial charge on any atom is -0.497 e. The van der Waals surface area contributed by atoms with Crippen molar-refractivity contribution in [3.05, 3.63) is 60.2 Å². The first-order valence-corrected chi connectivity index (χ1v) is 8.93. The summed E-state index contributed by atoms with van der Waals surface area (Å²) in [7, 11) is 1.66. The predicted octanol–water partition coefficient (Wildman–Crippen LogP) is 3.27. The van der Waals surface area contributed by atoms with E-state index in [-0.39, 0.29) is 5.56 Å². The van der Waals surface area contributed by atoms with Crippen molar-refractivity contribution in [3.8, 4) is 5.75 Å². The highest BCUT2D eigenvalue weighted by Gasteiger charge is 2.23. The quantitative estimate of drug-likeness (QED) is 0.767. The molecule has 0 atom stereocenters. The normalized spacial score (nSPS) is 14.4. The summed E-state index contributed by atoms with van der Waals surface area (Å²) in [6, 6.07) is 17.3. The number of ether oxygens (including phenoxy) is 1. The van der Waals surface area contributed by atoms with Crippen LogP contribution in [0.1, 0.15) is 10.4 Å². The van der Waals surface area contributed by atoms with Gasteiger partial charge in [-0.3, -0.25) is 0 Å². The zero-order valence-electron chi connectivity index (χ0n) is 15.1. The number of benzene rings is 2. The minimum absolute atomic E-state index is 0.256. The molecule has 0 saturated carbocycles. The number of hydrogen-bond donors (Lipinski definition) is 1. The van der Waals surface area contributed by atoms with Crippen LogP contribution in [0.2, 0.25) is 0 Å². The van der Waals surface area contributed by atoms with E-state index >= 15 is 0 Å². The number of nitrogens with zero attached hydrogens (tertiary/aromatic N) is 3. The van der Waals surface area contributed by atoms with Gasteiger partial charge in [-0.25, -0.2) is 9.78 Å². The Labute approximate surface area is 157 Å². The van der Waals surface area contributed by atoms with Gasteiger partial charge in [0.25, 0.3) is 0 Å². The smallest absolute Gasteiger partial charge is 0.339 e. The molecule has 1 aliphatic heterocycles. The molecule has 0 unspecified atom stereocenters. The van der Waals surface area contributed by atoms with E-state index in [1.807, 2.05) is 48.5 Å². The molecule has 1 aliphatic rings. The first-order chi connectivity index (χ1) is 13.2. The number of hydrogen-bond acceptors (Lipinski definition) is 5. The summed E-state index contributed by atoms with van der Waals surface area (Å²) in [6.07, 6.45) is 0. The third-order valence-corrected chi connectivity index (χ3v) is 4.95. The van der Waals surface area contributed by atoms with Crippen molar-refractivity contribution in [2.24, 2.45) is 0 Å². The van der Waals surface area contributed by atoms with Crippen LogP contribution in [0.5, 0.6) is 5.75 Å². The van der Waals surface area contributed by atoms with E-state index in [0.29, 0.717) is 5.82 Å². The van der Waals surface area contributed by atoms with Gasteiger partial charge in [0.05, 0.1) is 12.6 Å². The molecule has 6 nitrogen and oxygen atoms in total. The molecule has 1 saturated heterocycles. The van der Waals surface area contributed by atoms with Gasteiger partial charge in [-0.15, -0.1) is 0 Å². The van der Waals surface area contributed by atoms with Crippen molar-refractivity contribution in [2.75, 3.05) is 43.1 Å². The molecule has 6 heteroatoms. The number of fused-ring (bicyclic) bond motifs is 1. The van der Waals surface area contributed by atoms with Crippen molar-refractivity contribution in [2.45, 2.75) is 0 Å². The second-order valence-electron chi connectivity index (χ2n) is 6.53. The lowest BCUT2D eigenvalue weighted by Gasteiger charge is -2.37. The number of carboxylic acids is 1. The van der Waals surface area contributed by atoms with Crippen LogP contribution < -0.4 is 14.5 Å². The van der Waals surface area contributed by atoms with Crippen molar-refractivity contribution in [1.82, 2.24) is 4.98 Å². The van der Waals surface area contributed by atoms with Gasteiger partial charge < -0.3 is 19.6 Å². The first-order valence-electron chi connectivity index (χ1n) is 8.93. The second-order valence-corrected chi connectivity index (χ2v) is 6.53. The van der Waals surface area contributed by atoms with E-state index in [1.54, 1.807) is 13.2 Å². The number of aromatic carboxylic acids is 1. The van der Waals surface area contributed by atoms with Crippen LogP contribution in [-0.4, -0.2) is 49.3 Å². The zero-order chi connectivity index (χ0) is 18.8. The molecule has 1 aromatic heterocycles. The average Bonchev–Trinajstić information content (AvgIpc) is 2.73. The largest absolute Gasteiger partial charge is 0.497 e. The highest BCUT2D eigenvalue weighted by atomic mass is 16.5. The van der Waals surface area contributed by atoms with E-state index < -0.39 is 5.97 Å². The molecule has 138 valence electrons. The highest BCUT2D eigenvalue weighted by molar-refractivity contribution is 5.98. The van der Waals surface area contributed by atoms with Crippen molar-refractivity contribution < 1.29 is 14.6 Å². The maximum Gasteiger partial charge on any atom is 0.339 e. The Hall–Kier alpha value is -3.28. The van der Waals surface area contributed by atoms with E-state index in [9.17, 15) is 9.90 Å². The van der Waals surface area contributed by atoms with Crippen LogP contribution in [0.15, 0.2) is 54.6 Å². The number of piperazine rings is 1. The maximum absolute atomic E-state index is 11.8. The molecule has 27 heavy (non-hydrogen) atoms. The van der Waals surface area contributed by atoms with Crippen LogP contribution >= 0.6 is 0 Å². The number of para-hydroxylation sites is 1. The Morgan fingerprint density at radius 2 is 1.67 bits per heavy atom. The van der Waals surface area contributed by atoms with E-state index in [4.69, 9.17) is 4.74 Å². The molecule has 0 radical (unpaired) electrons. The average molecular weight is 363 g/mol. The van der Waals surface area contributed by atoms with E-state index in [0.717, 1.165) is 48.5 Å². The fraction of sp³-hybridized carbons (Fsp3) is 0.238. The summed E-state index contributed by atoms with van der Waals surface area (Å²) in [5.41, 5.74) is 2.21. The van der Waals surface area contributed by atoms with Crippen LogP contribution in [-0.2, 0) is 0 Å². The van der Waals surface area contributed by atoms with Crippen LogP contribution in [0.3, 0.4) is 0 Å². The highest BCUT2D eigenvalue weighted by Crippen LogP contribution is 2.26. The van der Waals surface area contributed by atoms with Gasteiger partial charge in [0, 0.05) is 37.3 Å². The summed E-state index contributed by atoms with van der Waals surface area (Å²) >= 11 is 0. The lowest BCUT2D eigenvalue weighted by atomic mass is 10.1. The maximum atomic E-state index is 11.8. The molecule has 1 N–H and O–H groups in total. The van der Waals surface area contributed by atoms with Gasteiger partial charge in [0.15, 0.2) is 0 Å². The minimum atomic E-state index is -0.944. The molecule has 2 heterocycles. The number of anilines is 2. The topological polar surface area (TPSA) is 65.9 Å². The summed E-state index contributed by atoms with van der Waals surface area (Å²) in [6.45, 7) is 3.05. The molecule has 4 rings (SSSR count). The Kier molecular flexibility index (Phi) is 4.54. The number of pyridine rings is 1. The molecular weight excluding hydrogens is 342 g/mol. The summed E-state index contributed by atoms with van der Waals surface area (Å²) < 4.78 is 5.21. The molecule has 3 aromatic rings. The molecule has 2 aromatic carbocycles. The number of carbonyl (C=O) groups is 1. The molecule has 0 aliphatic carbocycles. The fourth-order valence-corrected chi connectivity index (χ4v) is 3.47. The number of aromatic nitrogens is 1. The summed E-state index contributed by atoms with van der Waals surface area (Å²) in [5.74, 6) is 0.445. The van der Waals surface area contributed by atoms with Gasteiger partial charge in [0.1, 0.15) is 17.1 Å². The van der Waals surface area contributed by atoms with Gasteiger partial charge in [0.2, 0.25) is 0 Å². The van der Waals surface area contributed by atoms with Crippen LogP contribution in [0.25, 0.3) is 10.9 Å². The third kappa shape index (κ3) is 3.38. The van der Waals surface area contributed by atoms with Crippen molar-refractivity contribution in [3.63, 3.8) is 0 Å². The number of carboxylic acid groups (broad SMARTS) is 1. The van der Waals surface area contributed by atoms with Gasteiger partial charge in [-0.1, -0.05) is 18.2 Å². The molecule has 0 spiro atoms. The second kappa shape index (κ2) is 7.15. The van der Waals surface area contributed by atoms with Crippen LogP contribution in [0.4, 0.5) is 11.5 Å². The van der Waals surface area contributed by atoms with E-state index in [2.05, 4.69) is 14.8 Å². The molecule has 1 fully saturated rings. The Bertz CT molecular complexity index is 964. The third-order valence-electron chi connectivity index (χ3n) is 4.95. The fourth-order valence-electron chi connectivity index (χ4n) is 3.47. The van der Waals surface area contributed by atoms with Gasteiger partial charge >= 0.3 is 5.97 Å². The Morgan fingerprint density at radius 1 is 1.00 bits per heavy atom. The number of rotatable bonds is 4. The van der Waals surface area contributed by atoms with Crippen molar-refractivity contribution >= 4 is 28.4 Å². The van der Waals surface area contributed by atoms with Crippen LogP contribution in [0, 0.1) is 0 Å². The Balaban J connectivity index is 1.56.